The van der Waals surface area contributed by atoms with Crippen LogP contribution < -0.4 is 0 Å². The van der Waals surface area contributed by atoms with Crippen LogP contribution in [0.3, 0.4) is 0 Å². The fraction of sp³-hybridized carbons (Fsp3) is 0.286. The van der Waals surface area contributed by atoms with Gasteiger partial charge in [0.25, 0.3) is 0 Å². The van der Waals surface area contributed by atoms with E-state index < -0.39 is 5.97 Å². The Labute approximate surface area is 116 Å². The van der Waals surface area contributed by atoms with E-state index in [1.807, 2.05) is 13.8 Å². The second kappa shape index (κ2) is 5.45. The Morgan fingerprint density at radius 3 is 2.53 bits per heavy atom. The summed E-state index contributed by atoms with van der Waals surface area (Å²) in [5, 5.41) is 13.8. The summed E-state index contributed by atoms with van der Waals surface area (Å²) in [4.78, 5) is 11.4. The zero-order valence-corrected chi connectivity index (χ0v) is 11.4. The monoisotopic (exact) mass is 279 g/mol. The van der Waals surface area contributed by atoms with Crippen LogP contribution in [0.5, 0.6) is 0 Å². The average Bonchev–Trinajstić information content (AvgIpc) is 2.73. The van der Waals surface area contributed by atoms with E-state index >= 15 is 0 Å². The van der Waals surface area contributed by atoms with Crippen molar-refractivity contribution in [2.45, 2.75) is 20.3 Å². The van der Waals surface area contributed by atoms with Crippen LogP contribution in [0.4, 0.5) is 0 Å². The number of halogens is 1. The Morgan fingerprint density at radius 1 is 1.37 bits per heavy atom. The van der Waals surface area contributed by atoms with Crippen molar-refractivity contribution in [3.05, 3.63) is 40.6 Å². The fourth-order valence-electron chi connectivity index (χ4n) is 1.86. The van der Waals surface area contributed by atoms with E-state index in [4.69, 9.17) is 16.1 Å². The minimum absolute atomic E-state index is 0.135. The molecule has 2 rings (SSSR count). The second-order valence-corrected chi connectivity index (χ2v) is 5.18. The zero-order chi connectivity index (χ0) is 14.0. The Kier molecular flexibility index (Phi) is 3.90. The molecule has 1 heterocycles. The van der Waals surface area contributed by atoms with Crippen LogP contribution in [-0.2, 0) is 6.42 Å². The van der Waals surface area contributed by atoms with Crippen molar-refractivity contribution >= 4 is 17.6 Å². The number of rotatable bonds is 4. The molecule has 0 fully saturated rings. The van der Waals surface area contributed by atoms with Crippen LogP contribution >= 0.6 is 11.6 Å². The molecule has 0 saturated heterocycles. The first kappa shape index (κ1) is 13.6. The summed E-state index contributed by atoms with van der Waals surface area (Å²) in [6.07, 6.45) is 0.544. The summed E-state index contributed by atoms with van der Waals surface area (Å²) < 4.78 is 5.19. The maximum Gasteiger partial charge on any atom is 0.341 e. The summed E-state index contributed by atoms with van der Waals surface area (Å²) in [6.45, 7) is 3.99. The van der Waals surface area contributed by atoms with Gasteiger partial charge in [0.1, 0.15) is 11.3 Å². The molecule has 2 aromatic rings. The van der Waals surface area contributed by atoms with Crippen molar-refractivity contribution in [2.24, 2.45) is 5.92 Å². The SMILES string of the molecule is CC(C)Cc1onc(-c2ccc(Cl)cc2)c1C(=O)O. The van der Waals surface area contributed by atoms with Gasteiger partial charge in [-0.2, -0.15) is 0 Å². The highest BCUT2D eigenvalue weighted by molar-refractivity contribution is 6.30. The third-order valence-electron chi connectivity index (χ3n) is 2.69. The number of carboxylic acids is 1. The number of hydrogen-bond donors (Lipinski definition) is 1. The van der Waals surface area contributed by atoms with Gasteiger partial charge in [0.15, 0.2) is 5.76 Å². The molecule has 100 valence electrons. The molecule has 0 atom stereocenters. The van der Waals surface area contributed by atoms with Crippen LogP contribution in [0.25, 0.3) is 11.3 Å². The number of aromatic carboxylic acids is 1. The molecule has 19 heavy (non-hydrogen) atoms. The van der Waals surface area contributed by atoms with Crippen molar-refractivity contribution < 1.29 is 14.4 Å². The number of nitrogens with zero attached hydrogens (tertiary/aromatic N) is 1. The highest BCUT2D eigenvalue weighted by Gasteiger charge is 2.23. The summed E-state index contributed by atoms with van der Waals surface area (Å²) in [7, 11) is 0. The summed E-state index contributed by atoms with van der Waals surface area (Å²) in [6, 6.07) is 6.84. The van der Waals surface area contributed by atoms with Crippen LogP contribution in [0, 0.1) is 5.92 Å². The lowest BCUT2D eigenvalue weighted by Crippen LogP contribution is -2.04. The van der Waals surface area contributed by atoms with Crippen molar-refractivity contribution in [3.8, 4) is 11.3 Å². The molecule has 0 saturated carbocycles. The predicted molar refractivity (Wildman–Crippen MR) is 72.5 cm³/mol. The smallest absolute Gasteiger partial charge is 0.341 e. The van der Waals surface area contributed by atoms with Gasteiger partial charge >= 0.3 is 5.97 Å². The molecular weight excluding hydrogens is 266 g/mol. The molecule has 0 amide bonds. The Balaban J connectivity index is 2.48. The lowest BCUT2D eigenvalue weighted by Gasteiger charge is -2.02. The third kappa shape index (κ3) is 2.96. The highest BCUT2D eigenvalue weighted by Crippen LogP contribution is 2.28. The van der Waals surface area contributed by atoms with E-state index in [0.29, 0.717) is 34.4 Å². The minimum Gasteiger partial charge on any atom is -0.477 e. The lowest BCUT2D eigenvalue weighted by atomic mass is 10.0. The van der Waals surface area contributed by atoms with Gasteiger partial charge in [0.2, 0.25) is 0 Å². The highest BCUT2D eigenvalue weighted by atomic mass is 35.5. The molecule has 0 spiro atoms. The van der Waals surface area contributed by atoms with Crippen molar-refractivity contribution in [1.29, 1.82) is 0 Å². The first-order chi connectivity index (χ1) is 8.99. The van der Waals surface area contributed by atoms with Crippen LogP contribution in [0.15, 0.2) is 28.8 Å². The molecule has 1 aromatic carbocycles. The summed E-state index contributed by atoms with van der Waals surface area (Å²) in [5.41, 5.74) is 1.16. The topological polar surface area (TPSA) is 63.3 Å². The second-order valence-electron chi connectivity index (χ2n) is 4.74. The molecule has 4 nitrogen and oxygen atoms in total. The summed E-state index contributed by atoms with van der Waals surface area (Å²) >= 11 is 5.82. The van der Waals surface area contributed by atoms with E-state index in [-0.39, 0.29) is 5.56 Å². The molecule has 5 heteroatoms. The minimum atomic E-state index is -1.03. The first-order valence-corrected chi connectivity index (χ1v) is 6.34. The van der Waals surface area contributed by atoms with E-state index in [1.54, 1.807) is 24.3 Å². The van der Waals surface area contributed by atoms with Gasteiger partial charge in [-0.15, -0.1) is 0 Å². The molecule has 1 N–H and O–H groups in total. The predicted octanol–water partition coefficient (Wildman–Crippen LogP) is 3.89. The largest absolute Gasteiger partial charge is 0.477 e. The van der Waals surface area contributed by atoms with Crippen LogP contribution in [0.2, 0.25) is 5.02 Å². The number of carbonyl (C=O) groups is 1. The van der Waals surface area contributed by atoms with E-state index in [0.717, 1.165) is 0 Å². The maximum absolute atomic E-state index is 11.4. The Morgan fingerprint density at radius 2 is 2.00 bits per heavy atom. The quantitative estimate of drug-likeness (QED) is 0.922. The molecule has 0 unspecified atom stereocenters. The normalized spacial score (nSPS) is 10.9. The van der Waals surface area contributed by atoms with Crippen LogP contribution in [-0.4, -0.2) is 16.2 Å². The molecular formula is C14H14ClNO3. The number of hydrogen-bond acceptors (Lipinski definition) is 3. The van der Waals surface area contributed by atoms with Crippen molar-refractivity contribution in [3.63, 3.8) is 0 Å². The number of benzene rings is 1. The molecule has 0 aliphatic rings. The van der Waals surface area contributed by atoms with Crippen molar-refractivity contribution in [2.75, 3.05) is 0 Å². The fourth-order valence-corrected chi connectivity index (χ4v) is 1.99. The van der Waals surface area contributed by atoms with Gasteiger partial charge in [-0.05, 0) is 18.1 Å². The van der Waals surface area contributed by atoms with E-state index in [9.17, 15) is 9.90 Å². The Bertz CT molecular complexity index is 587. The summed E-state index contributed by atoms with van der Waals surface area (Å²) in [5.74, 6) is -0.321. The molecule has 0 aliphatic heterocycles. The van der Waals surface area contributed by atoms with Gasteiger partial charge in [0, 0.05) is 17.0 Å². The van der Waals surface area contributed by atoms with Gasteiger partial charge in [-0.3, -0.25) is 0 Å². The Hall–Kier alpha value is -1.81. The lowest BCUT2D eigenvalue weighted by molar-refractivity contribution is 0.0695. The van der Waals surface area contributed by atoms with Crippen LogP contribution in [0.1, 0.15) is 30.0 Å². The molecule has 0 aliphatic carbocycles. The number of aromatic nitrogens is 1. The van der Waals surface area contributed by atoms with E-state index in [2.05, 4.69) is 5.16 Å². The van der Waals surface area contributed by atoms with Crippen molar-refractivity contribution in [1.82, 2.24) is 5.16 Å². The van der Waals surface area contributed by atoms with Gasteiger partial charge in [0.05, 0.1) is 0 Å². The zero-order valence-electron chi connectivity index (χ0n) is 10.7. The molecule has 0 radical (unpaired) electrons. The molecule has 1 aromatic heterocycles. The third-order valence-corrected chi connectivity index (χ3v) is 2.94. The molecule has 0 bridgehead atoms. The average molecular weight is 280 g/mol. The van der Waals surface area contributed by atoms with Gasteiger partial charge in [-0.25, -0.2) is 4.79 Å². The maximum atomic E-state index is 11.4. The number of carboxylic acid groups (broad SMARTS) is 1. The van der Waals surface area contributed by atoms with Gasteiger partial charge in [-0.1, -0.05) is 42.7 Å². The van der Waals surface area contributed by atoms with E-state index in [1.165, 1.54) is 0 Å². The standard InChI is InChI=1S/C14H14ClNO3/c1-8(2)7-11-12(14(17)18)13(16-19-11)9-3-5-10(15)6-4-9/h3-6,8H,7H2,1-2H3,(H,17,18). The van der Waals surface area contributed by atoms with Gasteiger partial charge < -0.3 is 9.63 Å². The first-order valence-electron chi connectivity index (χ1n) is 5.96.